The average Bonchev–Trinajstić information content (AvgIpc) is 3.27. The summed E-state index contributed by atoms with van der Waals surface area (Å²) in [5.74, 6) is 0.614. The summed E-state index contributed by atoms with van der Waals surface area (Å²) in [6.45, 7) is 0. The van der Waals surface area contributed by atoms with E-state index in [1.807, 2.05) is 18.2 Å². The highest BCUT2D eigenvalue weighted by Gasteiger charge is 2.34. The number of ether oxygens (including phenoxy) is 1. The number of methoxy groups -OCH3 is 1. The Hall–Kier alpha value is -4.25. The maximum Gasteiger partial charge on any atom is 0.292 e. The van der Waals surface area contributed by atoms with Crippen molar-refractivity contribution in [2.24, 2.45) is 7.05 Å². The molecule has 35 heavy (non-hydrogen) atoms. The third-order valence-corrected chi connectivity index (χ3v) is 6.15. The molecule has 0 aliphatic heterocycles. The Balaban J connectivity index is 1.45. The third kappa shape index (κ3) is 4.33. The molecule has 1 saturated carbocycles. The average molecular weight is 476 g/mol. The second kappa shape index (κ2) is 9.18. The Bertz CT molecular complexity index is 1460. The highest BCUT2D eigenvalue weighted by atomic mass is 16.5. The van der Waals surface area contributed by atoms with Crippen molar-refractivity contribution < 1.29 is 14.1 Å². The number of fused-ring (bicyclic) bond motifs is 1. The molecular formula is C24H25N7O4. The van der Waals surface area contributed by atoms with Gasteiger partial charge in [0.2, 0.25) is 5.76 Å². The summed E-state index contributed by atoms with van der Waals surface area (Å²) < 4.78 is 12.2. The molecule has 0 saturated heterocycles. The molecule has 0 unspecified atom stereocenters. The van der Waals surface area contributed by atoms with Gasteiger partial charge in [-0.05, 0) is 31.0 Å². The van der Waals surface area contributed by atoms with Crippen molar-refractivity contribution >= 4 is 34.3 Å². The number of aryl methyl sites for hydroxylation is 1. The van der Waals surface area contributed by atoms with Crippen molar-refractivity contribution in [1.29, 1.82) is 0 Å². The lowest BCUT2D eigenvalue weighted by Crippen LogP contribution is -2.51. The van der Waals surface area contributed by atoms with Crippen LogP contribution in [0.5, 0.6) is 0 Å². The predicted octanol–water partition coefficient (Wildman–Crippen LogP) is 2.68. The molecule has 0 spiro atoms. The first-order valence-electron chi connectivity index (χ1n) is 11.2. The lowest BCUT2D eigenvalue weighted by atomic mass is 9.89. The Morgan fingerprint density at radius 3 is 2.71 bits per heavy atom. The minimum Gasteiger partial charge on any atom is -0.386 e. The van der Waals surface area contributed by atoms with Gasteiger partial charge in [-0.1, -0.05) is 11.2 Å². The summed E-state index contributed by atoms with van der Waals surface area (Å²) in [5.41, 5.74) is 2.64. The lowest BCUT2D eigenvalue weighted by Gasteiger charge is -2.35. The highest BCUT2D eigenvalue weighted by molar-refractivity contribution is 6.05. The minimum atomic E-state index is -0.392. The van der Waals surface area contributed by atoms with Gasteiger partial charge in [-0.25, -0.2) is 9.97 Å². The second-order valence-electron chi connectivity index (χ2n) is 8.34. The molecule has 5 rings (SSSR count). The first kappa shape index (κ1) is 22.5. The van der Waals surface area contributed by atoms with Gasteiger partial charge in [-0.15, -0.1) is 0 Å². The topological polar surface area (TPSA) is 136 Å². The molecule has 1 aliphatic carbocycles. The predicted molar refractivity (Wildman–Crippen MR) is 131 cm³/mol. The van der Waals surface area contributed by atoms with Gasteiger partial charge in [-0.2, -0.15) is 0 Å². The van der Waals surface area contributed by atoms with Crippen LogP contribution >= 0.6 is 0 Å². The molecule has 1 aliphatic rings. The van der Waals surface area contributed by atoms with Gasteiger partial charge < -0.3 is 29.8 Å². The van der Waals surface area contributed by atoms with Crippen LogP contribution in [0.3, 0.4) is 0 Å². The number of amides is 1. The number of nitrogens with zero attached hydrogens (tertiary/aromatic N) is 4. The van der Waals surface area contributed by atoms with Gasteiger partial charge >= 0.3 is 0 Å². The fourth-order valence-corrected chi connectivity index (χ4v) is 3.98. The zero-order chi connectivity index (χ0) is 24.5. The van der Waals surface area contributed by atoms with E-state index in [2.05, 4.69) is 31.1 Å². The van der Waals surface area contributed by atoms with Gasteiger partial charge in [0.05, 0.1) is 23.5 Å². The van der Waals surface area contributed by atoms with Crippen molar-refractivity contribution in [2.75, 3.05) is 24.8 Å². The number of carbonyl (C=O) groups is 1. The van der Waals surface area contributed by atoms with E-state index in [1.54, 1.807) is 39.5 Å². The van der Waals surface area contributed by atoms with Crippen LogP contribution in [-0.2, 0) is 11.8 Å². The van der Waals surface area contributed by atoms with E-state index in [4.69, 9.17) is 9.26 Å². The fraction of sp³-hybridized carbons (Fsp3) is 0.292. The SMILES string of the molecule is CNc1cc(Nc2cccc(-c3ccn(C)c(=O)c3)n2)nc2c(C(=O)N[C@@H]3CC[C@H]3OC)onc12. The van der Waals surface area contributed by atoms with Gasteiger partial charge in [0.15, 0.2) is 5.52 Å². The Morgan fingerprint density at radius 2 is 2.00 bits per heavy atom. The molecule has 0 aromatic carbocycles. The molecular weight excluding hydrogens is 450 g/mol. The second-order valence-corrected chi connectivity index (χ2v) is 8.34. The number of hydrogen-bond acceptors (Lipinski definition) is 9. The lowest BCUT2D eigenvalue weighted by molar-refractivity contribution is 0.00678. The molecule has 4 aromatic heterocycles. The Kier molecular flexibility index (Phi) is 5.91. The van der Waals surface area contributed by atoms with Gasteiger partial charge in [0, 0.05) is 45.1 Å². The highest BCUT2D eigenvalue weighted by Crippen LogP contribution is 2.29. The van der Waals surface area contributed by atoms with Crippen LogP contribution in [0.1, 0.15) is 23.4 Å². The number of anilines is 3. The van der Waals surface area contributed by atoms with Crippen molar-refractivity contribution in [3.05, 3.63) is 58.7 Å². The minimum absolute atomic E-state index is 0.00522. The van der Waals surface area contributed by atoms with Crippen LogP contribution in [0, 0.1) is 0 Å². The molecule has 1 fully saturated rings. The van der Waals surface area contributed by atoms with Crippen LogP contribution in [0.2, 0.25) is 0 Å². The zero-order valence-electron chi connectivity index (χ0n) is 19.5. The van der Waals surface area contributed by atoms with E-state index in [0.717, 1.165) is 12.8 Å². The molecule has 11 nitrogen and oxygen atoms in total. The molecule has 4 aromatic rings. The third-order valence-electron chi connectivity index (χ3n) is 6.15. The number of nitrogens with one attached hydrogen (secondary N) is 3. The van der Waals surface area contributed by atoms with E-state index in [-0.39, 0.29) is 23.5 Å². The number of hydrogen-bond donors (Lipinski definition) is 3. The fourth-order valence-electron chi connectivity index (χ4n) is 3.98. The summed E-state index contributed by atoms with van der Waals surface area (Å²) in [4.78, 5) is 34.1. The molecule has 3 N–H and O–H groups in total. The van der Waals surface area contributed by atoms with E-state index in [1.165, 1.54) is 10.6 Å². The maximum atomic E-state index is 12.9. The molecule has 0 bridgehead atoms. The van der Waals surface area contributed by atoms with Crippen molar-refractivity contribution in [1.82, 2.24) is 25.0 Å². The van der Waals surface area contributed by atoms with Crippen molar-refractivity contribution in [3.63, 3.8) is 0 Å². The Morgan fingerprint density at radius 1 is 1.14 bits per heavy atom. The van der Waals surface area contributed by atoms with Gasteiger partial charge in [0.25, 0.3) is 11.5 Å². The summed E-state index contributed by atoms with van der Waals surface area (Å²) in [7, 11) is 5.07. The normalized spacial score (nSPS) is 17.1. The molecule has 2 atom stereocenters. The summed E-state index contributed by atoms with van der Waals surface area (Å²) in [5, 5.41) is 13.2. The number of aromatic nitrogens is 4. The standard InChI is InChI=1S/C24H25N7O4/c1-25-16-12-19(28-18-6-4-5-14(26-18)13-9-10-31(2)20(32)11-13)29-22-21(16)30-35-23(22)24(33)27-15-7-8-17(15)34-3/h4-6,9-12,15,17,25H,7-8H2,1-3H3,(H,27,33)(H,26,28,29)/t15-,17-/m1/s1. The van der Waals surface area contributed by atoms with Crippen molar-refractivity contribution in [3.8, 4) is 11.3 Å². The quantitative estimate of drug-likeness (QED) is 0.368. The van der Waals surface area contributed by atoms with Gasteiger partial charge in [-0.3, -0.25) is 9.59 Å². The van der Waals surface area contributed by atoms with Crippen LogP contribution in [0.15, 0.2) is 51.9 Å². The van der Waals surface area contributed by atoms with Crippen LogP contribution < -0.4 is 21.5 Å². The van der Waals surface area contributed by atoms with Gasteiger partial charge in [0.1, 0.15) is 17.2 Å². The summed E-state index contributed by atoms with van der Waals surface area (Å²) in [6, 6.07) is 10.5. The molecule has 0 radical (unpaired) electrons. The van der Waals surface area contributed by atoms with E-state index in [9.17, 15) is 9.59 Å². The smallest absolute Gasteiger partial charge is 0.292 e. The van der Waals surface area contributed by atoms with Crippen LogP contribution in [0.25, 0.3) is 22.3 Å². The zero-order valence-corrected chi connectivity index (χ0v) is 19.5. The number of carbonyl (C=O) groups excluding carboxylic acids is 1. The van der Waals surface area contributed by atoms with E-state index < -0.39 is 5.91 Å². The molecule has 180 valence electrons. The largest absolute Gasteiger partial charge is 0.386 e. The molecule has 11 heteroatoms. The van der Waals surface area contributed by atoms with Crippen LogP contribution in [0.4, 0.5) is 17.3 Å². The van der Waals surface area contributed by atoms with Crippen LogP contribution in [-0.4, -0.2) is 51.9 Å². The van der Waals surface area contributed by atoms with E-state index in [0.29, 0.717) is 39.6 Å². The first-order valence-corrected chi connectivity index (χ1v) is 11.2. The maximum absolute atomic E-state index is 12.9. The van der Waals surface area contributed by atoms with E-state index >= 15 is 0 Å². The number of rotatable bonds is 7. The monoisotopic (exact) mass is 475 g/mol. The summed E-state index contributed by atoms with van der Waals surface area (Å²) >= 11 is 0. The molecule has 4 heterocycles. The summed E-state index contributed by atoms with van der Waals surface area (Å²) in [6.07, 6.45) is 3.44. The molecule has 1 amide bonds. The Labute approximate surface area is 200 Å². The number of pyridine rings is 3. The first-order chi connectivity index (χ1) is 17.0. The van der Waals surface area contributed by atoms with Crippen molar-refractivity contribution in [2.45, 2.75) is 25.0 Å².